The first-order valence-corrected chi connectivity index (χ1v) is 6.86. The summed E-state index contributed by atoms with van der Waals surface area (Å²) in [6.07, 6.45) is 1.75. The smallest absolute Gasteiger partial charge is 0.251 e. The Balaban J connectivity index is 2.13. The number of carbonyl (C=O) groups excluding carboxylic acids is 1. The van der Waals surface area contributed by atoms with Gasteiger partial charge in [0.05, 0.1) is 11.7 Å². The molecule has 0 saturated carbocycles. The average Bonchev–Trinajstić information content (AvgIpc) is 2.84. The van der Waals surface area contributed by atoms with Crippen LogP contribution in [0, 0.1) is 5.92 Å². The number of nitrogens with zero attached hydrogens (tertiary/aromatic N) is 2. The maximum atomic E-state index is 12.3. The molecule has 0 bridgehead atoms. The predicted octanol–water partition coefficient (Wildman–Crippen LogP) is 1.88. The minimum absolute atomic E-state index is 0.0398. The van der Waals surface area contributed by atoms with E-state index >= 15 is 0 Å². The van der Waals surface area contributed by atoms with Gasteiger partial charge in [0.25, 0.3) is 5.91 Å². The van der Waals surface area contributed by atoms with Crippen molar-refractivity contribution in [2.24, 2.45) is 5.92 Å². The van der Waals surface area contributed by atoms with Crippen LogP contribution in [0.1, 0.15) is 24.2 Å². The maximum absolute atomic E-state index is 12.3. The van der Waals surface area contributed by atoms with Gasteiger partial charge >= 0.3 is 0 Å². The molecule has 1 aromatic carbocycles. The van der Waals surface area contributed by atoms with Crippen LogP contribution in [0.15, 0.2) is 24.4 Å². The third kappa shape index (κ3) is 3.36. The summed E-state index contributed by atoms with van der Waals surface area (Å²) in [5, 5.41) is 11.0. The number of aromatic amines is 1. The highest BCUT2D eigenvalue weighted by Crippen LogP contribution is 2.13. The lowest BCUT2D eigenvalue weighted by Crippen LogP contribution is -2.45. The SMILES string of the molecule is CC(C)C(CN(C)C)NC(=O)c1ccc2cn[nH]c2c1. The van der Waals surface area contributed by atoms with E-state index in [-0.39, 0.29) is 11.9 Å². The Morgan fingerprint density at radius 3 is 2.80 bits per heavy atom. The van der Waals surface area contributed by atoms with Gasteiger partial charge < -0.3 is 10.2 Å². The molecule has 20 heavy (non-hydrogen) atoms. The van der Waals surface area contributed by atoms with E-state index in [1.165, 1.54) is 0 Å². The molecule has 0 spiro atoms. The number of aromatic nitrogens is 2. The first-order chi connectivity index (χ1) is 9.47. The largest absolute Gasteiger partial charge is 0.348 e. The van der Waals surface area contributed by atoms with Gasteiger partial charge in [-0.25, -0.2) is 0 Å². The molecule has 1 atom stereocenters. The highest BCUT2D eigenvalue weighted by molar-refractivity contribution is 5.97. The summed E-state index contributed by atoms with van der Waals surface area (Å²) in [5.74, 6) is 0.347. The number of fused-ring (bicyclic) bond motifs is 1. The summed E-state index contributed by atoms with van der Waals surface area (Å²) < 4.78 is 0. The van der Waals surface area contributed by atoms with Crippen molar-refractivity contribution in [2.45, 2.75) is 19.9 Å². The molecular formula is C15H22N4O. The monoisotopic (exact) mass is 274 g/mol. The van der Waals surface area contributed by atoms with Crippen molar-refractivity contribution in [1.82, 2.24) is 20.4 Å². The van der Waals surface area contributed by atoms with E-state index in [1.807, 2.05) is 32.3 Å². The Kier molecular flexibility index (Phi) is 4.39. The van der Waals surface area contributed by atoms with Gasteiger partial charge in [0.2, 0.25) is 0 Å². The number of nitrogens with one attached hydrogen (secondary N) is 2. The minimum atomic E-state index is -0.0398. The van der Waals surface area contributed by atoms with Crippen LogP contribution in [0.5, 0.6) is 0 Å². The Morgan fingerprint density at radius 2 is 2.15 bits per heavy atom. The minimum Gasteiger partial charge on any atom is -0.348 e. The molecule has 108 valence electrons. The van der Waals surface area contributed by atoms with Crippen molar-refractivity contribution in [1.29, 1.82) is 0 Å². The third-order valence-electron chi connectivity index (χ3n) is 3.39. The summed E-state index contributed by atoms with van der Waals surface area (Å²) in [6.45, 7) is 5.06. The fourth-order valence-electron chi connectivity index (χ4n) is 2.15. The number of benzene rings is 1. The van der Waals surface area contributed by atoms with Crippen molar-refractivity contribution in [2.75, 3.05) is 20.6 Å². The first-order valence-electron chi connectivity index (χ1n) is 6.86. The van der Waals surface area contributed by atoms with Gasteiger partial charge in [-0.2, -0.15) is 5.10 Å². The summed E-state index contributed by atoms with van der Waals surface area (Å²) in [4.78, 5) is 14.4. The molecule has 0 radical (unpaired) electrons. The zero-order valence-electron chi connectivity index (χ0n) is 12.5. The molecule has 1 heterocycles. The Bertz CT molecular complexity index is 588. The fraction of sp³-hybridized carbons (Fsp3) is 0.467. The number of hydrogen-bond donors (Lipinski definition) is 2. The van der Waals surface area contributed by atoms with Gasteiger partial charge in [0, 0.05) is 23.5 Å². The van der Waals surface area contributed by atoms with E-state index in [4.69, 9.17) is 0 Å². The highest BCUT2D eigenvalue weighted by atomic mass is 16.1. The van der Waals surface area contributed by atoms with Crippen LogP contribution in [0.3, 0.4) is 0 Å². The molecule has 0 saturated heterocycles. The highest BCUT2D eigenvalue weighted by Gasteiger charge is 2.18. The lowest BCUT2D eigenvalue weighted by molar-refractivity contribution is 0.0917. The quantitative estimate of drug-likeness (QED) is 0.875. The zero-order chi connectivity index (χ0) is 14.7. The number of rotatable bonds is 5. The number of hydrogen-bond acceptors (Lipinski definition) is 3. The van der Waals surface area contributed by atoms with Crippen LogP contribution >= 0.6 is 0 Å². The van der Waals surface area contributed by atoms with E-state index in [0.29, 0.717) is 11.5 Å². The van der Waals surface area contributed by atoms with Gasteiger partial charge in [-0.3, -0.25) is 9.89 Å². The van der Waals surface area contributed by atoms with E-state index < -0.39 is 0 Å². The van der Waals surface area contributed by atoms with Crippen molar-refractivity contribution in [3.05, 3.63) is 30.0 Å². The van der Waals surface area contributed by atoms with Crippen LogP contribution in [0.25, 0.3) is 10.9 Å². The van der Waals surface area contributed by atoms with Crippen LogP contribution < -0.4 is 5.32 Å². The Labute approximate surface area is 119 Å². The number of H-pyrrole nitrogens is 1. The van der Waals surface area contributed by atoms with E-state index in [2.05, 4.69) is 34.3 Å². The van der Waals surface area contributed by atoms with E-state index in [0.717, 1.165) is 17.4 Å². The molecule has 5 heteroatoms. The standard InChI is InChI=1S/C15H22N4O/c1-10(2)14(9-19(3)4)17-15(20)11-5-6-12-8-16-18-13(12)7-11/h5-8,10,14H,9H2,1-4H3,(H,16,18)(H,17,20). The Morgan fingerprint density at radius 1 is 1.40 bits per heavy atom. The summed E-state index contributed by atoms with van der Waals surface area (Å²) in [5.41, 5.74) is 1.54. The second-order valence-electron chi connectivity index (χ2n) is 5.76. The summed E-state index contributed by atoms with van der Waals surface area (Å²) in [6, 6.07) is 5.71. The number of amides is 1. The van der Waals surface area contributed by atoms with Gasteiger partial charge in [0.15, 0.2) is 0 Å². The molecule has 0 fully saturated rings. The van der Waals surface area contributed by atoms with Crippen LogP contribution in [-0.4, -0.2) is 47.7 Å². The lowest BCUT2D eigenvalue weighted by atomic mass is 10.0. The molecule has 0 aliphatic heterocycles. The predicted molar refractivity (Wildman–Crippen MR) is 80.7 cm³/mol. The molecule has 5 nitrogen and oxygen atoms in total. The van der Waals surface area contributed by atoms with Crippen molar-refractivity contribution < 1.29 is 4.79 Å². The maximum Gasteiger partial charge on any atom is 0.251 e. The van der Waals surface area contributed by atoms with E-state index in [9.17, 15) is 4.79 Å². The first kappa shape index (κ1) is 14.5. The topological polar surface area (TPSA) is 61.0 Å². The van der Waals surface area contributed by atoms with Gasteiger partial charge in [-0.15, -0.1) is 0 Å². The molecule has 2 aromatic rings. The molecule has 0 aliphatic rings. The van der Waals surface area contributed by atoms with Crippen LogP contribution in [0.2, 0.25) is 0 Å². The number of carbonyl (C=O) groups is 1. The molecule has 0 aliphatic carbocycles. The van der Waals surface area contributed by atoms with Gasteiger partial charge in [-0.05, 0) is 32.1 Å². The second-order valence-corrected chi connectivity index (χ2v) is 5.76. The molecular weight excluding hydrogens is 252 g/mol. The van der Waals surface area contributed by atoms with E-state index in [1.54, 1.807) is 6.20 Å². The summed E-state index contributed by atoms with van der Waals surface area (Å²) in [7, 11) is 4.02. The van der Waals surface area contributed by atoms with Crippen molar-refractivity contribution in [3.8, 4) is 0 Å². The Hall–Kier alpha value is -1.88. The van der Waals surface area contributed by atoms with Gasteiger partial charge in [0.1, 0.15) is 0 Å². The molecule has 1 unspecified atom stereocenters. The van der Waals surface area contributed by atoms with Crippen LogP contribution in [-0.2, 0) is 0 Å². The lowest BCUT2D eigenvalue weighted by Gasteiger charge is -2.25. The second kappa shape index (κ2) is 6.05. The zero-order valence-corrected chi connectivity index (χ0v) is 12.5. The molecule has 1 aromatic heterocycles. The third-order valence-corrected chi connectivity index (χ3v) is 3.39. The van der Waals surface area contributed by atoms with Crippen molar-refractivity contribution >= 4 is 16.8 Å². The average molecular weight is 274 g/mol. The molecule has 1 amide bonds. The normalized spacial score (nSPS) is 13.1. The molecule has 2 N–H and O–H groups in total. The number of likely N-dealkylation sites (N-methyl/N-ethyl adjacent to an activating group) is 1. The van der Waals surface area contributed by atoms with Crippen molar-refractivity contribution in [3.63, 3.8) is 0 Å². The van der Waals surface area contributed by atoms with Gasteiger partial charge in [-0.1, -0.05) is 19.9 Å². The summed E-state index contributed by atoms with van der Waals surface area (Å²) >= 11 is 0. The molecule has 2 rings (SSSR count). The fourth-order valence-corrected chi connectivity index (χ4v) is 2.15. The van der Waals surface area contributed by atoms with Crippen LogP contribution in [0.4, 0.5) is 0 Å².